The summed E-state index contributed by atoms with van der Waals surface area (Å²) in [6.07, 6.45) is 2.86. The third-order valence-electron chi connectivity index (χ3n) is 6.04. The Morgan fingerprint density at radius 1 is 1.14 bits per heavy atom. The molecule has 0 bridgehead atoms. The summed E-state index contributed by atoms with van der Waals surface area (Å²) in [6.45, 7) is 14.5. The van der Waals surface area contributed by atoms with Crippen LogP contribution in [0.15, 0.2) is 48.7 Å². The van der Waals surface area contributed by atoms with E-state index in [2.05, 4.69) is 59.8 Å². The third-order valence-corrected chi connectivity index (χ3v) is 6.04. The zero-order valence-corrected chi connectivity index (χ0v) is 22.2. The van der Waals surface area contributed by atoms with Crippen molar-refractivity contribution >= 4 is 17.6 Å². The molecule has 0 amide bonds. The SMILES string of the molecule is C=C(CC(C)(C)C)N(C)CCCc1ccc(-c2c(C)cc(Nc3n[nH]c(N)n3)cc2C(C)(F)F)cc1. The molecular formula is C28H38F2N6. The van der Waals surface area contributed by atoms with Crippen LogP contribution in [0.2, 0.25) is 0 Å². The molecule has 2 aromatic carbocycles. The number of anilines is 3. The first kappa shape index (κ1) is 27.2. The second-order valence-electron chi connectivity index (χ2n) is 10.8. The van der Waals surface area contributed by atoms with Gasteiger partial charge in [-0.1, -0.05) is 51.6 Å². The van der Waals surface area contributed by atoms with Gasteiger partial charge in [-0.05, 0) is 66.0 Å². The van der Waals surface area contributed by atoms with Gasteiger partial charge in [0.15, 0.2) is 0 Å². The smallest absolute Gasteiger partial charge is 0.271 e. The van der Waals surface area contributed by atoms with Gasteiger partial charge in [0.1, 0.15) is 0 Å². The number of nitrogens with one attached hydrogen (secondary N) is 2. The van der Waals surface area contributed by atoms with Gasteiger partial charge in [-0.2, -0.15) is 4.98 Å². The molecule has 1 aromatic heterocycles. The van der Waals surface area contributed by atoms with E-state index in [1.54, 1.807) is 0 Å². The van der Waals surface area contributed by atoms with Gasteiger partial charge in [0.05, 0.1) is 0 Å². The lowest BCUT2D eigenvalue weighted by atomic mass is 9.90. The fraction of sp³-hybridized carbons (Fsp3) is 0.429. The van der Waals surface area contributed by atoms with E-state index < -0.39 is 5.92 Å². The number of alkyl halides is 2. The Hall–Kier alpha value is -3.42. The van der Waals surface area contributed by atoms with Crippen LogP contribution < -0.4 is 11.1 Å². The Bertz CT molecular complexity index is 1190. The number of nitrogens with two attached hydrogens (primary N) is 1. The van der Waals surface area contributed by atoms with E-state index in [1.807, 2.05) is 37.3 Å². The summed E-state index contributed by atoms with van der Waals surface area (Å²) in [5.74, 6) is -2.66. The van der Waals surface area contributed by atoms with E-state index in [0.717, 1.165) is 49.6 Å². The number of hydrogen-bond acceptors (Lipinski definition) is 5. The molecule has 0 aliphatic heterocycles. The first-order valence-electron chi connectivity index (χ1n) is 12.2. The Morgan fingerprint density at radius 2 is 1.81 bits per heavy atom. The molecule has 3 rings (SSSR count). The summed E-state index contributed by atoms with van der Waals surface area (Å²) in [5, 5.41) is 9.38. The highest BCUT2D eigenvalue weighted by molar-refractivity contribution is 5.76. The number of benzene rings is 2. The van der Waals surface area contributed by atoms with Crippen LogP contribution in [0.3, 0.4) is 0 Å². The first-order valence-corrected chi connectivity index (χ1v) is 12.2. The Morgan fingerprint density at radius 3 is 2.36 bits per heavy atom. The minimum absolute atomic E-state index is 0.0553. The highest BCUT2D eigenvalue weighted by atomic mass is 19.3. The van der Waals surface area contributed by atoms with Gasteiger partial charge in [0, 0.05) is 37.5 Å². The molecule has 0 spiro atoms. The van der Waals surface area contributed by atoms with Crippen molar-refractivity contribution in [2.75, 3.05) is 24.6 Å². The van der Waals surface area contributed by atoms with Gasteiger partial charge in [-0.25, -0.2) is 13.9 Å². The highest BCUT2D eigenvalue weighted by Gasteiger charge is 2.30. The summed E-state index contributed by atoms with van der Waals surface area (Å²) in [5.41, 5.74) is 10.5. The predicted molar refractivity (Wildman–Crippen MR) is 144 cm³/mol. The van der Waals surface area contributed by atoms with Crippen LogP contribution in [0.1, 0.15) is 57.2 Å². The number of rotatable bonds is 10. The van der Waals surface area contributed by atoms with Crippen molar-refractivity contribution < 1.29 is 8.78 Å². The Balaban J connectivity index is 1.74. The summed E-state index contributed by atoms with van der Waals surface area (Å²) < 4.78 is 29.4. The summed E-state index contributed by atoms with van der Waals surface area (Å²) in [4.78, 5) is 6.21. The largest absolute Gasteiger partial charge is 0.378 e. The van der Waals surface area contributed by atoms with Crippen LogP contribution in [0.4, 0.5) is 26.4 Å². The molecule has 4 N–H and O–H groups in total. The first-order chi connectivity index (χ1) is 16.7. The van der Waals surface area contributed by atoms with Crippen LogP contribution in [0.25, 0.3) is 11.1 Å². The summed E-state index contributed by atoms with van der Waals surface area (Å²) in [6, 6.07) is 11.2. The maximum absolute atomic E-state index is 14.7. The van der Waals surface area contributed by atoms with Crippen LogP contribution in [-0.2, 0) is 12.3 Å². The average Bonchev–Trinajstić information content (AvgIpc) is 3.16. The molecule has 6 nitrogen and oxygen atoms in total. The van der Waals surface area contributed by atoms with E-state index in [1.165, 1.54) is 11.6 Å². The van der Waals surface area contributed by atoms with Crippen molar-refractivity contribution in [1.29, 1.82) is 0 Å². The maximum Gasteiger partial charge on any atom is 0.271 e. The Labute approximate surface area is 213 Å². The van der Waals surface area contributed by atoms with Crippen molar-refractivity contribution in [3.05, 3.63) is 65.4 Å². The van der Waals surface area contributed by atoms with Gasteiger partial charge < -0.3 is 16.0 Å². The van der Waals surface area contributed by atoms with Crippen molar-refractivity contribution in [3.8, 4) is 11.1 Å². The predicted octanol–water partition coefficient (Wildman–Crippen LogP) is 7.03. The number of aryl methyl sites for hydroxylation is 2. The topological polar surface area (TPSA) is 82.9 Å². The molecule has 0 aliphatic rings. The summed E-state index contributed by atoms with van der Waals surface area (Å²) >= 11 is 0. The van der Waals surface area contributed by atoms with Gasteiger partial charge in [-0.3, -0.25) is 0 Å². The molecule has 0 radical (unpaired) electrons. The van der Waals surface area contributed by atoms with Crippen molar-refractivity contribution in [2.45, 2.75) is 59.8 Å². The lowest BCUT2D eigenvalue weighted by molar-refractivity contribution is 0.0181. The molecular weight excluding hydrogens is 458 g/mol. The van der Waals surface area contributed by atoms with E-state index >= 15 is 0 Å². The lowest BCUT2D eigenvalue weighted by Gasteiger charge is -2.27. The van der Waals surface area contributed by atoms with Crippen molar-refractivity contribution in [1.82, 2.24) is 20.1 Å². The number of aromatic nitrogens is 3. The monoisotopic (exact) mass is 496 g/mol. The minimum atomic E-state index is -3.03. The standard InChI is InChI=1S/C28H38F2N6/c1-18-15-22(32-26-33-25(31)34-35-26)16-23(28(6,29)30)24(18)21-12-10-20(11-13-21)9-8-14-36(7)19(2)17-27(3,4)5/h10-13,15-16H,2,8-9,14,17H2,1,3-7H3,(H4,31,32,33,34,35). The second-order valence-corrected chi connectivity index (χ2v) is 10.8. The van der Waals surface area contributed by atoms with E-state index in [4.69, 9.17) is 5.73 Å². The van der Waals surface area contributed by atoms with Crippen LogP contribution in [0.5, 0.6) is 0 Å². The van der Waals surface area contributed by atoms with Crippen LogP contribution >= 0.6 is 0 Å². The fourth-order valence-corrected chi connectivity index (χ4v) is 4.31. The molecule has 0 fully saturated rings. The third kappa shape index (κ3) is 7.29. The number of nitrogens with zero attached hydrogens (tertiary/aromatic N) is 3. The van der Waals surface area contributed by atoms with Crippen molar-refractivity contribution in [2.24, 2.45) is 5.41 Å². The molecule has 36 heavy (non-hydrogen) atoms. The molecule has 1 heterocycles. The van der Waals surface area contributed by atoms with Gasteiger partial charge >= 0.3 is 0 Å². The van der Waals surface area contributed by atoms with E-state index in [-0.39, 0.29) is 22.9 Å². The lowest BCUT2D eigenvalue weighted by Crippen LogP contribution is -2.22. The zero-order valence-electron chi connectivity index (χ0n) is 22.2. The number of aromatic amines is 1. The van der Waals surface area contributed by atoms with Crippen LogP contribution in [-0.4, -0.2) is 33.7 Å². The molecule has 0 saturated heterocycles. The van der Waals surface area contributed by atoms with Gasteiger partial charge in [0.2, 0.25) is 11.9 Å². The van der Waals surface area contributed by atoms with E-state index in [0.29, 0.717) is 11.3 Å². The normalized spacial score (nSPS) is 12.0. The second kappa shape index (κ2) is 10.7. The zero-order chi connectivity index (χ0) is 26.7. The number of halogens is 2. The number of hydrogen-bond donors (Lipinski definition) is 3. The van der Waals surface area contributed by atoms with Gasteiger partial charge in [0.25, 0.3) is 5.92 Å². The number of H-pyrrole nitrogens is 1. The number of allylic oxidation sites excluding steroid dienone is 1. The van der Waals surface area contributed by atoms with Gasteiger partial charge in [-0.15, -0.1) is 5.10 Å². The molecule has 8 heteroatoms. The molecule has 0 unspecified atom stereocenters. The van der Waals surface area contributed by atoms with Crippen molar-refractivity contribution in [3.63, 3.8) is 0 Å². The molecule has 0 aliphatic carbocycles. The number of nitrogen functional groups attached to an aromatic ring is 1. The fourth-order valence-electron chi connectivity index (χ4n) is 4.31. The maximum atomic E-state index is 14.7. The Kier molecular flexibility index (Phi) is 8.06. The quantitative estimate of drug-likeness (QED) is 0.281. The average molecular weight is 497 g/mol. The highest BCUT2D eigenvalue weighted by Crippen LogP contribution is 2.40. The summed E-state index contributed by atoms with van der Waals surface area (Å²) in [7, 11) is 2.09. The van der Waals surface area contributed by atoms with Crippen LogP contribution in [0, 0.1) is 12.3 Å². The molecule has 0 atom stereocenters. The molecule has 194 valence electrons. The van der Waals surface area contributed by atoms with E-state index in [9.17, 15) is 8.78 Å². The molecule has 0 saturated carbocycles. The molecule has 3 aromatic rings. The minimum Gasteiger partial charge on any atom is -0.378 e.